The number of anilines is 2. The zero-order valence-electron chi connectivity index (χ0n) is 19.1. The van der Waals surface area contributed by atoms with Gasteiger partial charge >= 0.3 is 5.97 Å². The molecule has 35 heavy (non-hydrogen) atoms. The zero-order valence-corrected chi connectivity index (χ0v) is 19.1. The van der Waals surface area contributed by atoms with Gasteiger partial charge in [-0.2, -0.15) is 0 Å². The third-order valence-electron chi connectivity index (χ3n) is 6.24. The molecule has 0 saturated carbocycles. The number of carboxylic acids is 1. The summed E-state index contributed by atoms with van der Waals surface area (Å²) in [4.78, 5) is 26.5. The van der Waals surface area contributed by atoms with Gasteiger partial charge in [-0.05, 0) is 66.9 Å². The first-order chi connectivity index (χ1) is 16.7. The van der Waals surface area contributed by atoms with E-state index in [9.17, 15) is 23.5 Å². The van der Waals surface area contributed by atoms with Crippen molar-refractivity contribution in [3.63, 3.8) is 0 Å². The maximum atomic E-state index is 13.7. The summed E-state index contributed by atoms with van der Waals surface area (Å²) in [6.07, 6.45) is 0. The standard InChI is InChI=1S/C27H22F2N2O4/c1-14-7-20(15(2)30-23-6-5-19(29)10-21(23)27(33)34)26-22(8-14)24(32)11-25(35-26)31-12-16-3-4-18(28)9-17(16)13-31/h3-11,15,30H,12-13H2,1-2H3,(H,33,34). The Morgan fingerprint density at radius 2 is 1.74 bits per heavy atom. The Labute approximate surface area is 199 Å². The number of fused-ring (bicyclic) bond motifs is 2. The van der Waals surface area contributed by atoms with Crippen LogP contribution in [0.25, 0.3) is 11.0 Å². The van der Waals surface area contributed by atoms with Gasteiger partial charge in [-0.15, -0.1) is 0 Å². The fraction of sp³-hybridized carbons (Fsp3) is 0.185. The molecule has 5 rings (SSSR count). The normalized spacial score (nSPS) is 13.7. The van der Waals surface area contributed by atoms with Crippen LogP contribution in [0.4, 0.5) is 20.4 Å². The van der Waals surface area contributed by atoms with Crippen LogP contribution in [0.1, 0.15) is 45.6 Å². The minimum absolute atomic E-state index is 0.196. The molecule has 2 N–H and O–H groups in total. The largest absolute Gasteiger partial charge is 0.478 e. The number of aromatic carboxylic acids is 1. The van der Waals surface area contributed by atoms with Crippen molar-refractivity contribution in [2.75, 3.05) is 10.2 Å². The Bertz CT molecular complexity index is 1550. The highest BCUT2D eigenvalue weighted by Gasteiger charge is 2.24. The first kappa shape index (κ1) is 22.6. The molecule has 0 aliphatic carbocycles. The molecule has 0 radical (unpaired) electrons. The molecular formula is C27H22F2N2O4. The van der Waals surface area contributed by atoms with Crippen LogP contribution in [0.5, 0.6) is 0 Å². The average molecular weight is 476 g/mol. The molecule has 1 aliphatic heterocycles. The van der Waals surface area contributed by atoms with Crippen molar-refractivity contribution >= 4 is 28.5 Å². The van der Waals surface area contributed by atoms with Crippen LogP contribution in [-0.2, 0) is 13.1 Å². The van der Waals surface area contributed by atoms with Crippen LogP contribution >= 0.6 is 0 Å². The molecule has 1 atom stereocenters. The number of carboxylic acid groups (broad SMARTS) is 1. The van der Waals surface area contributed by atoms with E-state index in [1.165, 1.54) is 30.3 Å². The molecule has 1 aliphatic rings. The van der Waals surface area contributed by atoms with Gasteiger partial charge in [0.1, 0.15) is 17.2 Å². The lowest BCUT2D eigenvalue weighted by Crippen LogP contribution is -2.18. The average Bonchev–Trinajstić information content (AvgIpc) is 3.23. The Balaban J connectivity index is 1.56. The number of nitrogens with one attached hydrogen (secondary N) is 1. The predicted octanol–water partition coefficient (Wildman–Crippen LogP) is 5.77. The van der Waals surface area contributed by atoms with Crippen molar-refractivity contribution in [1.29, 1.82) is 0 Å². The van der Waals surface area contributed by atoms with Crippen LogP contribution in [0.3, 0.4) is 0 Å². The fourth-order valence-electron chi connectivity index (χ4n) is 4.55. The summed E-state index contributed by atoms with van der Waals surface area (Å²) in [6, 6.07) is 12.7. The van der Waals surface area contributed by atoms with E-state index in [0.29, 0.717) is 35.5 Å². The van der Waals surface area contributed by atoms with Crippen LogP contribution in [0, 0.1) is 18.6 Å². The van der Waals surface area contributed by atoms with E-state index in [1.54, 1.807) is 12.1 Å². The second-order valence-electron chi connectivity index (χ2n) is 8.81. The topological polar surface area (TPSA) is 82.8 Å². The highest BCUT2D eigenvalue weighted by Crippen LogP contribution is 2.33. The van der Waals surface area contributed by atoms with Crippen molar-refractivity contribution < 1.29 is 23.1 Å². The maximum Gasteiger partial charge on any atom is 0.337 e. The van der Waals surface area contributed by atoms with E-state index in [0.717, 1.165) is 22.8 Å². The molecule has 6 nitrogen and oxygen atoms in total. The molecular weight excluding hydrogens is 454 g/mol. The van der Waals surface area contributed by atoms with Crippen LogP contribution in [0.15, 0.2) is 63.8 Å². The van der Waals surface area contributed by atoms with Crippen molar-refractivity contribution in [2.45, 2.75) is 33.0 Å². The molecule has 0 bridgehead atoms. The summed E-state index contributed by atoms with van der Waals surface area (Å²) >= 11 is 0. The maximum absolute atomic E-state index is 13.7. The molecule has 8 heteroatoms. The predicted molar refractivity (Wildman–Crippen MR) is 129 cm³/mol. The summed E-state index contributed by atoms with van der Waals surface area (Å²) in [6.45, 7) is 4.56. The summed E-state index contributed by atoms with van der Waals surface area (Å²) < 4.78 is 33.5. The molecule has 0 fully saturated rings. The SMILES string of the molecule is Cc1cc(C(C)Nc2ccc(F)cc2C(=O)O)c2oc(N3Cc4ccc(F)cc4C3)cc(=O)c2c1. The zero-order chi connectivity index (χ0) is 24.9. The van der Waals surface area contributed by atoms with Crippen LogP contribution in [0.2, 0.25) is 0 Å². The number of aryl methyl sites for hydroxylation is 1. The fourth-order valence-corrected chi connectivity index (χ4v) is 4.55. The van der Waals surface area contributed by atoms with Crippen LogP contribution < -0.4 is 15.6 Å². The lowest BCUT2D eigenvalue weighted by atomic mass is 10.0. The van der Waals surface area contributed by atoms with Crippen molar-refractivity contribution in [3.8, 4) is 0 Å². The number of carbonyl (C=O) groups is 1. The van der Waals surface area contributed by atoms with Crippen LogP contribution in [-0.4, -0.2) is 11.1 Å². The molecule has 0 amide bonds. The third kappa shape index (κ3) is 4.23. The van der Waals surface area contributed by atoms with E-state index in [-0.39, 0.29) is 22.5 Å². The Morgan fingerprint density at radius 3 is 2.51 bits per heavy atom. The Hall–Kier alpha value is -4.20. The third-order valence-corrected chi connectivity index (χ3v) is 6.24. The molecule has 2 heterocycles. The highest BCUT2D eigenvalue weighted by atomic mass is 19.1. The second kappa shape index (κ2) is 8.54. The van der Waals surface area contributed by atoms with Gasteiger partial charge in [-0.3, -0.25) is 4.79 Å². The van der Waals surface area contributed by atoms with E-state index < -0.39 is 17.8 Å². The highest BCUT2D eigenvalue weighted by molar-refractivity contribution is 5.94. The second-order valence-corrected chi connectivity index (χ2v) is 8.81. The van der Waals surface area contributed by atoms with Gasteiger partial charge in [0.15, 0.2) is 5.43 Å². The number of hydrogen-bond donors (Lipinski definition) is 2. The molecule has 4 aromatic rings. The number of nitrogens with zero attached hydrogens (tertiary/aromatic N) is 1. The van der Waals surface area contributed by atoms with Crippen molar-refractivity contribution in [3.05, 3.63) is 104 Å². The first-order valence-electron chi connectivity index (χ1n) is 11.1. The minimum Gasteiger partial charge on any atom is -0.478 e. The van der Waals surface area contributed by atoms with Gasteiger partial charge < -0.3 is 19.7 Å². The van der Waals surface area contributed by atoms with Gasteiger partial charge in [-0.1, -0.05) is 12.1 Å². The summed E-state index contributed by atoms with van der Waals surface area (Å²) in [5.74, 6) is -1.86. The summed E-state index contributed by atoms with van der Waals surface area (Å²) in [5, 5.41) is 13.0. The number of rotatable bonds is 5. The van der Waals surface area contributed by atoms with E-state index in [2.05, 4.69) is 5.32 Å². The minimum atomic E-state index is -1.26. The van der Waals surface area contributed by atoms with Gasteiger partial charge in [0, 0.05) is 30.4 Å². The quantitative estimate of drug-likeness (QED) is 0.381. The summed E-state index contributed by atoms with van der Waals surface area (Å²) in [7, 11) is 0. The van der Waals surface area contributed by atoms with Gasteiger partial charge in [-0.25, -0.2) is 13.6 Å². The molecule has 3 aromatic carbocycles. The molecule has 0 spiro atoms. The molecule has 178 valence electrons. The molecule has 1 unspecified atom stereocenters. The van der Waals surface area contributed by atoms with Gasteiger partial charge in [0.25, 0.3) is 0 Å². The Kier molecular flexibility index (Phi) is 5.51. The van der Waals surface area contributed by atoms with E-state index in [4.69, 9.17) is 4.42 Å². The van der Waals surface area contributed by atoms with Crippen molar-refractivity contribution in [2.24, 2.45) is 0 Å². The lowest BCUT2D eigenvalue weighted by Gasteiger charge is -2.21. The smallest absolute Gasteiger partial charge is 0.337 e. The monoisotopic (exact) mass is 476 g/mol. The number of halogens is 2. The molecule has 1 aromatic heterocycles. The first-order valence-corrected chi connectivity index (χ1v) is 11.1. The lowest BCUT2D eigenvalue weighted by molar-refractivity contribution is 0.0697. The number of benzene rings is 3. The Morgan fingerprint density at radius 1 is 1.03 bits per heavy atom. The van der Waals surface area contributed by atoms with Gasteiger partial charge in [0.05, 0.1) is 17.0 Å². The van der Waals surface area contributed by atoms with Crippen molar-refractivity contribution in [1.82, 2.24) is 0 Å². The van der Waals surface area contributed by atoms with E-state index in [1.807, 2.05) is 24.8 Å². The summed E-state index contributed by atoms with van der Waals surface area (Å²) in [5.41, 5.74) is 3.50. The van der Waals surface area contributed by atoms with E-state index >= 15 is 0 Å². The number of hydrogen-bond acceptors (Lipinski definition) is 5. The van der Waals surface area contributed by atoms with Gasteiger partial charge in [0.2, 0.25) is 5.88 Å². The molecule has 0 saturated heterocycles.